The van der Waals surface area contributed by atoms with Gasteiger partial charge in [0.1, 0.15) is 5.82 Å². The molecule has 0 saturated carbocycles. The number of nitrogens with one attached hydrogen (secondary N) is 1. The van der Waals surface area contributed by atoms with Crippen LogP contribution in [0.15, 0.2) is 40.9 Å². The summed E-state index contributed by atoms with van der Waals surface area (Å²) in [5, 5.41) is 3.74. The second kappa shape index (κ2) is 5.72. The largest absolute Gasteiger partial charge is 0.379 e. The molecule has 2 rings (SSSR count). The fraction of sp³-hybridized carbons (Fsp3) is 0.143. The van der Waals surface area contributed by atoms with Crippen LogP contribution in [-0.2, 0) is 6.54 Å². The summed E-state index contributed by atoms with van der Waals surface area (Å²) in [6.45, 7) is 2.49. The van der Waals surface area contributed by atoms with E-state index in [9.17, 15) is 4.39 Å². The van der Waals surface area contributed by atoms with Gasteiger partial charge in [0.2, 0.25) is 0 Å². The van der Waals surface area contributed by atoms with Crippen molar-refractivity contribution in [2.75, 3.05) is 5.32 Å². The summed E-state index contributed by atoms with van der Waals surface area (Å²) in [7, 11) is 0. The van der Waals surface area contributed by atoms with E-state index in [-0.39, 0.29) is 5.82 Å². The fourth-order valence-electron chi connectivity index (χ4n) is 1.62. The molecule has 0 aromatic heterocycles. The molecule has 0 saturated heterocycles. The second-order valence-electron chi connectivity index (χ2n) is 4.09. The van der Waals surface area contributed by atoms with Gasteiger partial charge in [-0.25, -0.2) is 4.39 Å². The van der Waals surface area contributed by atoms with E-state index in [4.69, 9.17) is 11.6 Å². The molecule has 0 unspecified atom stereocenters. The minimum atomic E-state index is -0.242. The van der Waals surface area contributed by atoms with Crippen molar-refractivity contribution in [3.8, 4) is 0 Å². The Hall–Kier alpha value is -1.06. The minimum Gasteiger partial charge on any atom is -0.379 e. The van der Waals surface area contributed by atoms with Crippen LogP contribution in [0.2, 0.25) is 5.02 Å². The standard InChI is InChI=1S/C14H12BrClFN/c1-9-2-5-13(17)14(6-9)18-8-10-3-4-12(16)11(15)7-10/h2-7,18H,8H2,1H3. The number of rotatable bonds is 3. The molecule has 1 nitrogen and oxygen atoms in total. The van der Waals surface area contributed by atoms with E-state index >= 15 is 0 Å². The van der Waals surface area contributed by atoms with Crippen LogP contribution in [0.4, 0.5) is 10.1 Å². The maximum Gasteiger partial charge on any atom is 0.146 e. The summed E-state index contributed by atoms with van der Waals surface area (Å²) in [6, 6.07) is 10.7. The predicted octanol–water partition coefficient (Wildman–Crippen LogP) is 5.16. The van der Waals surface area contributed by atoms with Crippen molar-refractivity contribution < 1.29 is 4.39 Å². The second-order valence-corrected chi connectivity index (χ2v) is 5.35. The van der Waals surface area contributed by atoms with Gasteiger partial charge in [0.25, 0.3) is 0 Å². The molecular weight excluding hydrogens is 317 g/mol. The lowest BCUT2D eigenvalue weighted by molar-refractivity contribution is 0.629. The van der Waals surface area contributed by atoms with Gasteiger partial charge < -0.3 is 5.32 Å². The van der Waals surface area contributed by atoms with Gasteiger partial charge in [-0.15, -0.1) is 0 Å². The highest BCUT2D eigenvalue weighted by Crippen LogP contribution is 2.24. The summed E-state index contributed by atoms with van der Waals surface area (Å²) in [6.07, 6.45) is 0. The molecule has 4 heteroatoms. The molecule has 0 fully saturated rings. The van der Waals surface area contributed by atoms with Gasteiger partial charge in [-0.1, -0.05) is 23.7 Å². The molecule has 0 spiro atoms. The first kappa shape index (κ1) is 13.4. The molecule has 2 aromatic rings. The van der Waals surface area contributed by atoms with Gasteiger partial charge >= 0.3 is 0 Å². The highest BCUT2D eigenvalue weighted by molar-refractivity contribution is 9.10. The third kappa shape index (κ3) is 3.24. The average molecular weight is 329 g/mol. The molecule has 0 aliphatic rings. The minimum absolute atomic E-state index is 0.242. The van der Waals surface area contributed by atoms with Crippen LogP contribution in [0.1, 0.15) is 11.1 Å². The third-order valence-corrected chi connectivity index (χ3v) is 3.80. The molecule has 2 aromatic carbocycles. The Bertz CT molecular complexity index is 572. The number of hydrogen-bond donors (Lipinski definition) is 1. The molecular formula is C14H12BrClFN. The summed E-state index contributed by atoms with van der Waals surface area (Å²) < 4.78 is 14.4. The van der Waals surface area contributed by atoms with E-state index in [0.29, 0.717) is 17.3 Å². The predicted molar refractivity (Wildman–Crippen MR) is 77.6 cm³/mol. The quantitative estimate of drug-likeness (QED) is 0.820. The Morgan fingerprint density at radius 2 is 2.00 bits per heavy atom. The molecule has 0 aliphatic carbocycles. The molecule has 0 heterocycles. The molecule has 0 aliphatic heterocycles. The third-order valence-electron chi connectivity index (χ3n) is 2.59. The van der Waals surface area contributed by atoms with Gasteiger partial charge in [0, 0.05) is 11.0 Å². The zero-order valence-electron chi connectivity index (χ0n) is 9.81. The van der Waals surface area contributed by atoms with E-state index in [0.717, 1.165) is 15.6 Å². The molecule has 0 amide bonds. The molecule has 1 N–H and O–H groups in total. The van der Waals surface area contributed by atoms with E-state index in [1.54, 1.807) is 12.1 Å². The molecule has 0 radical (unpaired) electrons. The van der Waals surface area contributed by atoms with Crippen molar-refractivity contribution in [1.29, 1.82) is 0 Å². The average Bonchev–Trinajstić information content (AvgIpc) is 2.34. The number of benzene rings is 2. The van der Waals surface area contributed by atoms with Crippen LogP contribution in [-0.4, -0.2) is 0 Å². The van der Waals surface area contributed by atoms with Crippen LogP contribution < -0.4 is 5.32 Å². The summed E-state index contributed by atoms with van der Waals surface area (Å²) >= 11 is 9.28. The van der Waals surface area contributed by atoms with Crippen molar-refractivity contribution in [3.05, 3.63) is 62.8 Å². The van der Waals surface area contributed by atoms with Crippen LogP contribution in [0.5, 0.6) is 0 Å². The fourth-order valence-corrected chi connectivity index (χ4v) is 2.17. The van der Waals surface area contributed by atoms with Crippen molar-refractivity contribution in [2.45, 2.75) is 13.5 Å². The molecule has 0 atom stereocenters. The van der Waals surface area contributed by atoms with Crippen molar-refractivity contribution in [3.63, 3.8) is 0 Å². The number of hydrogen-bond acceptors (Lipinski definition) is 1. The lowest BCUT2D eigenvalue weighted by Gasteiger charge is -2.09. The zero-order chi connectivity index (χ0) is 13.1. The highest BCUT2D eigenvalue weighted by Gasteiger charge is 2.03. The van der Waals surface area contributed by atoms with Gasteiger partial charge in [-0.3, -0.25) is 0 Å². The molecule has 94 valence electrons. The number of halogens is 3. The van der Waals surface area contributed by atoms with Gasteiger partial charge in [-0.05, 0) is 58.2 Å². The Morgan fingerprint density at radius 3 is 2.72 bits per heavy atom. The SMILES string of the molecule is Cc1ccc(F)c(NCc2ccc(Cl)c(Br)c2)c1. The monoisotopic (exact) mass is 327 g/mol. The topological polar surface area (TPSA) is 12.0 Å². The number of aryl methyl sites for hydroxylation is 1. The first-order chi connectivity index (χ1) is 8.56. The summed E-state index contributed by atoms with van der Waals surface area (Å²) in [4.78, 5) is 0. The Labute approximate surface area is 119 Å². The van der Waals surface area contributed by atoms with Crippen molar-refractivity contribution in [1.82, 2.24) is 0 Å². The number of anilines is 1. The highest BCUT2D eigenvalue weighted by atomic mass is 79.9. The van der Waals surface area contributed by atoms with Crippen LogP contribution in [0, 0.1) is 12.7 Å². The van der Waals surface area contributed by atoms with Gasteiger partial charge in [0.15, 0.2) is 0 Å². The first-order valence-corrected chi connectivity index (χ1v) is 6.67. The van der Waals surface area contributed by atoms with E-state index < -0.39 is 0 Å². The maximum atomic E-state index is 13.5. The van der Waals surface area contributed by atoms with Gasteiger partial charge in [0.05, 0.1) is 10.7 Å². The van der Waals surface area contributed by atoms with Crippen molar-refractivity contribution >= 4 is 33.2 Å². The maximum absolute atomic E-state index is 13.5. The Balaban J connectivity index is 2.11. The first-order valence-electron chi connectivity index (χ1n) is 5.50. The van der Waals surface area contributed by atoms with Crippen LogP contribution >= 0.6 is 27.5 Å². The smallest absolute Gasteiger partial charge is 0.146 e. The lowest BCUT2D eigenvalue weighted by Crippen LogP contribution is -2.01. The van der Waals surface area contributed by atoms with E-state index in [1.165, 1.54) is 6.07 Å². The Morgan fingerprint density at radius 1 is 1.22 bits per heavy atom. The summed E-state index contributed by atoms with van der Waals surface area (Å²) in [5.74, 6) is -0.242. The van der Waals surface area contributed by atoms with Crippen molar-refractivity contribution in [2.24, 2.45) is 0 Å². The van der Waals surface area contributed by atoms with Crippen LogP contribution in [0.25, 0.3) is 0 Å². The Kier molecular flexibility index (Phi) is 4.25. The normalized spacial score (nSPS) is 10.4. The van der Waals surface area contributed by atoms with E-state index in [2.05, 4.69) is 21.2 Å². The molecule has 18 heavy (non-hydrogen) atoms. The zero-order valence-corrected chi connectivity index (χ0v) is 12.1. The van der Waals surface area contributed by atoms with Crippen LogP contribution in [0.3, 0.4) is 0 Å². The lowest BCUT2D eigenvalue weighted by atomic mass is 10.2. The van der Waals surface area contributed by atoms with E-state index in [1.807, 2.05) is 25.1 Å². The summed E-state index contributed by atoms with van der Waals surface area (Å²) in [5.41, 5.74) is 2.57. The molecule has 0 bridgehead atoms. The van der Waals surface area contributed by atoms with Gasteiger partial charge in [-0.2, -0.15) is 0 Å².